The molecule has 0 aliphatic rings. The van der Waals surface area contributed by atoms with Gasteiger partial charge in [0.1, 0.15) is 10.9 Å². The lowest BCUT2D eigenvalue weighted by Crippen LogP contribution is -2.14. The molecule has 0 bridgehead atoms. The first-order valence-corrected chi connectivity index (χ1v) is 8.60. The molecular formula is C20H20ClN3O2. The van der Waals surface area contributed by atoms with Crippen molar-refractivity contribution in [2.45, 2.75) is 20.4 Å². The Bertz CT molecular complexity index is 933. The minimum atomic E-state index is -0.313. The lowest BCUT2D eigenvalue weighted by molar-refractivity contribution is 0.102. The molecule has 0 saturated carbocycles. The number of anilines is 1. The van der Waals surface area contributed by atoms with Gasteiger partial charge in [0.05, 0.1) is 30.6 Å². The summed E-state index contributed by atoms with van der Waals surface area (Å²) in [6.45, 7) is 4.31. The Balaban J connectivity index is 1.85. The predicted octanol–water partition coefficient (Wildman–Crippen LogP) is 4.46. The van der Waals surface area contributed by atoms with E-state index in [1.54, 1.807) is 30.8 Å². The Kier molecular flexibility index (Phi) is 5.28. The zero-order valence-electron chi connectivity index (χ0n) is 14.9. The van der Waals surface area contributed by atoms with Gasteiger partial charge in [-0.05, 0) is 31.5 Å². The van der Waals surface area contributed by atoms with E-state index in [2.05, 4.69) is 10.4 Å². The number of carbonyl (C=O) groups is 1. The molecule has 0 atom stereocenters. The Morgan fingerprint density at radius 3 is 2.54 bits per heavy atom. The zero-order valence-corrected chi connectivity index (χ0v) is 15.7. The molecule has 1 heterocycles. The minimum absolute atomic E-state index is 0.313. The Morgan fingerprint density at radius 1 is 1.15 bits per heavy atom. The first kappa shape index (κ1) is 18.0. The molecule has 134 valence electrons. The number of aryl methyl sites for hydroxylation is 2. The van der Waals surface area contributed by atoms with Crippen molar-refractivity contribution in [2.24, 2.45) is 0 Å². The van der Waals surface area contributed by atoms with Gasteiger partial charge in [0.15, 0.2) is 0 Å². The fourth-order valence-corrected chi connectivity index (χ4v) is 3.04. The highest BCUT2D eigenvalue weighted by Crippen LogP contribution is 2.26. The maximum atomic E-state index is 12.7. The predicted molar refractivity (Wildman–Crippen MR) is 103 cm³/mol. The summed E-state index contributed by atoms with van der Waals surface area (Å²) < 4.78 is 6.91. The number of amides is 1. The van der Waals surface area contributed by atoms with E-state index in [9.17, 15) is 4.79 Å². The van der Waals surface area contributed by atoms with Crippen LogP contribution in [0, 0.1) is 13.8 Å². The van der Waals surface area contributed by atoms with Gasteiger partial charge in [-0.3, -0.25) is 4.79 Å². The fraction of sp³-hybridized carbons (Fsp3) is 0.200. The van der Waals surface area contributed by atoms with E-state index in [1.165, 1.54) is 5.56 Å². The van der Waals surface area contributed by atoms with Gasteiger partial charge in [-0.15, -0.1) is 0 Å². The number of methoxy groups -OCH3 is 1. The van der Waals surface area contributed by atoms with E-state index >= 15 is 0 Å². The van der Waals surface area contributed by atoms with E-state index in [-0.39, 0.29) is 5.91 Å². The van der Waals surface area contributed by atoms with Crippen LogP contribution in [0.15, 0.2) is 48.5 Å². The van der Waals surface area contributed by atoms with E-state index in [0.29, 0.717) is 34.4 Å². The molecule has 0 aliphatic heterocycles. The van der Waals surface area contributed by atoms with E-state index in [1.807, 2.05) is 43.3 Å². The third kappa shape index (κ3) is 3.73. The average Bonchev–Trinajstić information content (AvgIpc) is 2.91. The number of hydrogen-bond donors (Lipinski definition) is 1. The van der Waals surface area contributed by atoms with Crippen molar-refractivity contribution in [3.05, 3.63) is 76.1 Å². The standard InChI is InChI=1S/C20H20ClN3O2/c1-13-8-10-15(11-9-13)12-24-19(21)18(14(2)23-24)20(25)22-16-6-4-5-7-17(16)26-3/h4-11H,12H2,1-3H3,(H,22,25). The van der Waals surface area contributed by atoms with E-state index < -0.39 is 0 Å². The van der Waals surface area contributed by atoms with Crippen molar-refractivity contribution in [1.82, 2.24) is 9.78 Å². The summed E-state index contributed by atoms with van der Waals surface area (Å²) in [5, 5.41) is 7.58. The molecule has 0 aliphatic carbocycles. The van der Waals surface area contributed by atoms with Gasteiger partial charge in [-0.25, -0.2) is 4.68 Å². The van der Waals surface area contributed by atoms with Gasteiger partial charge in [-0.1, -0.05) is 53.6 Å². The third-order valence-electron chi connectivity index (χ3n) is 4.10. The molecule has 3 rings (SSSR count). The largest absolute Gasteiger partial charge is 0.495 e. The monoisotopic (exact) mass is 369 g/mol. The number of benzene rings is 2. The summed E-state index contributed by atoms with van der Waals surface area (Å²) in [5.41, 5.74) is 3.78. The first-order valence-electron chi connectivity index (χ1n) is 8.22. The maximum absolute atomic E-state index is 12.7. The van der Waals surface area contributed by atoms with Crippen LogP contribution in [0.25, 0.3) is 0 Å². The van der Waals surface area contributed by atoms with Crippen LogP contribution in [0.4, 0.5) is 5.69 Å². The molecule has 0 spiro atoms. The third-order valence-corrected chi connectivity index (χ3v) is 4.48. The molecule has 0 unspecified atom stereocenters. The zero-order chi connectivity index (χ0) is 18.7. The van der Waals surface area contributed by atoms with Crippen LogP contribution in [0.5, 0.6) is 5.75 Å². The SMILES string of the molecule is COc1ccccc1NC(=O)c1c(C)nn(Cc2ccc(C)cc2)c1Cl. The van der Waals surface area contributed by atoms with Crippen molar-refractivity contribution in [2.75, 3.05) is 12.4 Å². The first-order chi connectivity index (χ1) is 12.5. The fourth-order valence-electron chi connectivity index (χ4n) is 2.72. The van der Waals surface area contributed by atoms with E-state index in [4.69, 9.17) is 16.3 Å². The summed E-state index contributed by atoms with van der Waals surface area (Å²) in [5.74, 6) is 0.272. The highest BCUT2D eigenvalue weighted by Gasteiger charge is 2.21. The number of hydrogen-bond acceptors (Lipinski definition) is 3. The van der Waals surface area contributed by atoms with E-state index in [0.717, 1.165) is 5.56 Å². The van der Waals surface area contributed by atoms with Gasteiger partial charge in [0.2, 0.25) is 0 Å². The lowest BCUT2D eigenvalue weighted by atomic mass is 10.1. The molecule has 6 heteroatoms. The van der Waals surface area contributed by atoms with Gasteiger partial charge in [-0.2, -0.15) is 5.10 Å². The van der Waals surface area contributed by atoms with Crippen molar-refractivity contribution in [3.63, 3.8) is 0 Å². The maximum Gasteiger partial charge on any atom is 0.260 e. The highest BCUT2D eigenvalue weighted by atomic mass is 35.5. The summed E-state index contributed by atoms with van der Waals surface area (Å²) in [7, 11) is 1.56. The quantitative estimate of drug-likeness (QED) is 0.722. The Hall–Kier alpha value is -2.79. The molecule has 0 radical (unpaired) electrons. The van der Waals surface area contributed by atoms with Gasteiger partial charge in [0, 0.05) is 0 Å². The van der Waals surface area contributed by atoms with Gasteiger partial charge in [0.25, 0.3) is 5.91 Å². The number of halogens is 1. The van der Waals surface area contributed by atoms with Gasteiger partial charge >= 0.3 is 0 Å². The molecule has 0 saturated heterocycles. The average molecular weight is 370 g/mol. The molecule has 5 nitrogen and oxygen atoms in total. The molecule has 3 aromatic rings. The smallest absolute Gasteiger partial charge is 0.260 e. The number of nitrogens with one attached hydrogen (secondary N) is 1. The molecular weight excluding hydrogens is 350 g/mol. The van der Waals surface area contributed by atoms with Crippen molar-refractivity contribution in [1.29, 1.82) is 0 Å². The molecule has 1 aromatic heterocycles. The van der Waals surface area contributed by atoms with Crippen LogP contribution < -0.4 is 10.1 Å². The Labute approximate surface area is 157 Å². The summed E-state index contributed by atoms with van der Waals surface area (Å²) in [6.07, 6.45) is 0. The number of rotatable bonds is 5. The van der Waals surface area contributed by atoms with Crippen molar-refractivity contribution in [3.8, 4) is 5.75 Å². The molecule has 1 N–H and O–H groups in total. The second-order valence-electron chi connectivity index (χ2n) is 6.05. The lowest BCUT2D eigenvalue weighted by Gasteiger charge is -2.09. The topological polar surface area (TPSA) is 56.1 Å². The Morgan fingerprint density at radius 2 is 1.85 bits per heavy atom. The van der Waals surface area contributed by atoms with Crippen molar-refractivity contribution >= 4 is 23.2 Å². The number of aromatic nitrogens is 2. The van der Waals surface area contributed by atoms with Crippen LogP contribution in [0.3, 0.4) is 0 Å². The molecule has 26 heavy (non-hydrogen) atoms. The van der Waals surface area contributed by atoms with Crippen LogP contribution in [0.1, 0.15) is 27.2 Å². The summed E-state index contributed by atoms with van der Waals surface area (Å²) in [6, 6.07) is 15.3. The second-order valence-corrected chi connectivity index (χ2v) is 6.41. The highest BCUT2D eigenvalue weighted by molar-refractivity contribution is 6.33. The van der Waals surface area contributed by atoms with Crippen LogP contribution in [0.2, 0.25) is 5.15 Å². The van der Waals surface area contributed by atoms with Gasteiger partial charge < -0.3 is 10.1 Å². The second kappa shape index (κ2) is 7.62. The molecule has 2 aromatic carbocycles. The summed E-state index contributed by atoms with van der Waals surface area (Å²) >= 11 is 6.45. The minimum Gasteiger partial charge on any atom is -0.495 e. The molecule has 1 amide bonds. The van der Waals surface area contributed by atoms with Crippen LogP contribution in [-0.4, -0.2) is 22.8 Å². The van der Waals surface area contributed by atoms with Crippen LogP contribution in [-0.2, 0) is 6.54 Å². The number of para-hydroxylation sites is 2. The number of carbonyl (C=O) groups excluding carboxylic acids is 1. The number of nitrogens with zero attached hydrogens (tertiary/aromatic N) is 2. The molecule has 0 fully saturated rings. The van der Waals surface area contributed by atoms with Crippen LogP contribution >= 0.6 is 11.6 Å². The normalized spacial score (nSPS) is 10.6. The van der Waals surface area contributed by atoms with Crippen molar-refractivity contribution < 1.29 is 9.53 Å². The summed E-state index contributed by atoms with van der Waals surface area (Å²) in [4.78, 5) is 12.7. The number of ether oxygens (including phenoxy) is 1.